The second-order valence-corrected chi connectivity index (χ2v) is 8.30. The molecule has 0 radical (unpaired) electrons. The number of thiophene rings is 1. The molecule has 2 aromatic carbocycles. The third-order valence-corrected chi connectivity index (χ3v) is 6.03. The van der Waals surface area contributed by atoms with Crippen LogP contribution in [0.4, 0.5) is 0 Å². The first-order valence-electron chi connectivity index (χ1n) is 10.1. The zero-order chi connectivity index (χ0) is 21.8. The van der Waals surface area contributed by atoms with E-state index in [-0.39, 0.29) is 18.6 Å². The van der Waals surface area contributed by atoms with Crippen LogP contribution in [0.2, 0.25) is 0 Å². The number of carbonyl (C=O) groups excluding carboxylic acids is 1. The fourth-order valence-corrected chi connectivity index (χ4v) is 4.28. The number of amides is 1. The molecule has 0 aliphatic heterocycles. The number of aryl methyl sites for hydroxylation is 2. The van der Waals surface area contributed by atoms with Crippen LogP contribution in [0.3, 0.4) is 0 Å². The van der Waals surface area contributed by atoms with Crippen LogP contribution in [-0.4, -0.2) is 12.5 Å². The Morgan fingerprint density at radius 3 is 2.65 bits per heavy atom. The highest BCUT2D eigenvalue weighted by Crippen LogP contribution is 2.27. The van der Waals surface area contributed by atoms with E-state index in [2.05, 4.69) is 5.32 Å². The summed E-state index contributed by atoms with van der Waals surface area (Å²) in [7, 11) is 0. The van der Waals surface area contributed by atoms with Crippen molar-refractivity contribution in [2.24, 2.45) is 0 Å². The van der Waals surface area contributed by atoms with Gasteiger partial charge in [-0.05, 0) is 48.1 Å². The molecule has 4 rings (SSSR count). The molecule has 1 N–H and O–H groups in total. The van der Waals surface area contributed by atoms with Gasteiger partial charge in [-0.15, -0.1) is 11.3 Å². The molecule has 1 unspecified atom stereocenters. The summed E-state index contributed by atoms with van der Waals surface area (Å²) < 4.78 is 11.0. The quantitative estimate of drug-likeness (QED) is 0.416. The molecule has 0 saturated heterocycles. The Balaban J connectivity index is 1.48. The summed E-state index contributed by atoms with van der Waals surface area (Å²) in [6, 6.07) is 18.7. The summed E-state index contributed by atoms with van der Waals surface area (Å²) in [5.41, 5.74) is 3.17. The molecule has 0 fully saturated rings. The lowest BCUT2D eigenvalue weighted by Crippen LogP contribution is -2.32. The van der Waals surface area contributed by atoms with Crippen molar-refractivity contribution in [1.82, 2.24) is 5.32 Å². The lowest BCUT2D eigenvalue weighted by atomic mass is 10.0. The van der Waals surface area contributed by atoms with Gasteiger partial charge in [-0.25, -0.2) is 4.79 Å². The van der Waals surface area contributed by atoms with Crippen molar-refractivity contribution in [3.63, 3.8) is 0 Å². The van der Waals surface area contributed by atoms with Crippen molar-refractivity contribution in [1.29, 1.82) is 0 Å². The highest BCUT2D eigenvalue weighted by Gasteiger charge is 2.18. The van der Waals surface area contributed by atoms with E-state index < -0.39 is 5.63 Å². The molecule has 6 heteroatoms. The van der Waals surface area contributed by atoms with Crippen LogP contribution in [0.25, 0.3) is 11.0 Å². The van der Waals surface area contributed by atoms with Crippen LogP contribution < -0.4 is 15.7 Å². The number of hydrogen-bond acceptors (Lipinski definition) is 5. The predicted octanol–water partition coefficient (Wildman–Crippen LogP) is 5.01. The van der Waals surface area contributed by atoms with E-state index in [4.69, 9.17) is 9.15 Å². The van der Waals surface area contributed by atoms with Gasteiger partial charge < -0.3 is 14.5 Å². The number of benzene rings is 2. The molecular formula is C25H23NO4S. The third kappa shape index (κ3) is 4.86. The van der Waals surface area contributed by atoms with Crippen molar-refractivity contribution in [2.45, 2.75) is 26.3 Å². The predicted molar refractivity (Wildman–Crippen MR) is 123 cm³/mol. The number of carbonyl (C=O) groups is 1. The van der Waals surface area contributed by atoms with Gasteiger partial charge in [0.15, 0.2) is 6.61 Å². The summed E-state index contributed by atoms with van der Waals surface area (Å²) in [5.74, 6) is 0.241. The van der Waals surface area contributed by atoms with Crippen molar-refractivity contribution >= 4 is 28.2 Å². The first kappa shape index (κ1) is 20.9. The zero-order valence-corrected chi connectivity index (χ0v) is 18.2. The van der Waals surface area contributed by atoms with E-state index in [1.54, 1.807) is 23.5 Å². The average Bonchev–Trinajstić information content (AvgIpc) is 3.30. The lowest BCUT2D eigenvalue weighted by molar-refractivity contribution is -0.123. The molecule has 5 nitrogen and oxygen atoms in total. The number of fused-ring (bicyclic) bond motifs is 1. The number of ether oxygens (including phenoxy) is 1. The average molecular weight is 434 g/mol. The van der Waals surface area contributed by atoms with Gasteiger partial charge in [0.05, 0.1) is 6.04 Å². The molecule has 31 heavy (non-hydrogen) atoms. The minimum Gasteiger partial charge on any atom is -0.484 e. The van der Waals surface area contributed by atoms with Crippen molar-refractivity contribution in [2.75, 3.05) is 6.61 Å². The SMILES string of the molecule is CCc1cc(=O)oc2cc(OCC(=O)NC(c3ccc(C)cc3)c3cccs3)ccc12. The van der Waals surface area contributed by atoms with Gasteiger partial charge in [0.1, 0.15) is 11.3 Å². The molecule has 0 saturated carbocycles. The lowest BCUT2D eigenvalue weighted by Gasteiger charge is -2.18. The molecule has 158 valence electrons. The van der Waals surface area contributed by atoms with Crippen LogP contribution in [0.5, 0.6) is 5.75 Å². The monoisotopic (exact) mass is 433 g/mol. The summed E-state index contributed by atoms with van der Waals surface area (Å²) in [6.07, 6.45) is 0.730. The Morgan fingerprint density at radius 1 is 1.13 bits per heavy atom. The fraction of sp³-hybridized carbons (Fsp3) is 0.200. The van der Waals surface area contributed by atoms with E-state index in [0.29, 0.717) is 11.3 Å². The molecule has 0 spiro atoms. The maximum atomic E-state index is 12.7. The van der Waals surface area contributed by atoms with Crippen LogP contribution in [0, 0.1) is 6.92 Å². The van der Waals surface area contributed by atoms with Gasteiger partial charge >= 0.3 is 5.63 Å². The van der Waals surface area contributed by atoms with E-state index >= 15 is 0 Å². The molecule has 4 aromatic rings. The molecule has 0 aliphatic rings. The highest BCUT2D eigenvalue weighted by atomic mass is 32.1. The van der Waals surface area contributed by atoms with Crippen molar-refractivity contribution in [3.05, 3.63) is 98.0 Å². The maximum Gasteiger partial charge on any atom is 0.336 e. The number of nitrogens with one attached hydrogen (secondary N) is 1. The molecule has 1 amide bonds. The van der Waals surface area contributed by atoms with Gasteiger partial charge in [-0.2, -0.15) is 0 Å². The van der Waals surface area contributed by atoms with E-state index in [1.807, 2.05) is 61.7 Å². The second kappa shape index (κ2) is 9.18. The molecule has 0 bridgehead atoms. The topological polar surface area (TPSA) is 68.5 Å². The van der Waals surface area contributed by atoms with E-state index in [9.17, 15) is 9.59 Å². The van der Waals surface area contributed by atoms with Gasteiger partial charge in [0, 0.05) is 22.4 Å². The normalized spacial score (nSPS) is 11.9. The minimum absolute atomic E-state index is 0.142. The van der Waals surface area contributed by atoms with Crippen LogP contribution in [-0.2, 0) is 11.2 Å². The van der Waals surface area contributed by atoms with Crippen LogP contribution >= 0.6 is 11.3 Å². The summed E-state index contributed by atoms with van der Waals surface area (Å²) >= 11 is 1.60. The first-order valence-corrected chi connectivity index (χ1v) is 11.0. The van der Waals surface area contributed by atoms with Gasteiger partial charge in [-0.1, -0.05) is 42.8 Å². The first-order chi connectivity index (χ1) is 15.0. The molecular weight excluding hydrogens is 410 g/mol. The Labute approximate surface area is 184 Å². The van der Waals surface area contributed by atoms with E-state index in [0.717, 1.165) is 33.4 Å². The number of rotatable bonds is 7. The smallest absolute Gasteiger partial charge is 0.336 e. The van der Waals surface area contributed by atoms with Crippen molar-refractivity contribution < 1.29 is 13.9 Å². The zero-order valence-electron chi connectivity index (χ0n) is 17.4. The van der Waals surface area contributed by atoms with Crippen molar-refractivity contribution in [3.8, 4) is 5.75 Å². The highest BCUT2D eigenvalue weighted by molar-refractivity contribution is 7.10. The largest absolute Gasteiger partial charge is 0.484 e. The summed E-state index contributed by atoms with van der Waals surface area (Å²) in [5, 5.41) is 5.93. The minimum atomic E-state index is -0.392. The molecule has 0 aliphatic carbocycles. The second-order valence-electron chi connectivity index (χ2n) is 7.32. The van der Waals surface area contributed by atoms with E-state index in [1.165, 1.54) is 6.07 Å². The van der Waals surface area contributed by atoms with Gasteiger partial charge in [0.2, 0.25) is 0 Å². The molecule has 1 atom stereocenters. The Bertz CT molecular complexity index is 1240. The van der Waals surface area contributed by atoms with Crippen LogP contribution in [0.15, 0.2) is 75.3 Å². The molecule has 2 aromatic heterocycles. The number of hydrogen-bond donors (Lipinski definition) is 1. The summed E-state index contributed by atoms with van der Waals surface area (Å²) in [4.78, 5) is 25.5. The van der Waals surface area contributed by atoms with Crippen LogP contribution in [0.1, 0.15) is 34.5 Å². The van der Waals surface area contributed by atoms with Gasteiger partial charge in [-0.3, -0.25) is 4.79 Å². The Kier molecular flexibility index (Phi) is 6.18. The van der Waals surface area contributed by atoms with Gasteiger partial charge in [0.25, 0.3) is 5.91 Å². The third-order valence-electron chi connectivity index (χ3n) is 5.10. The Hall–Kier alpha value is -3.38. The standard InChI is InChI=1S/C25H23NO4S/c1-3-17-13-24(28)30-21-14-19(10-11-20(17)21)29-15-23(27)26-25(22-5-4-12-31-22)18-8-6-16(2)7-9-18/h4-14,25H,3,15H2,1-2H3,(H,26,27). The summed E-state index contributed by atoms with van der Waals surface area (Å²) in [6.45, 7) is 3.88. The maximum absolute atomic E-state index is 12.7. The Morgan fingerprint density at radius 2 is 1.94 bits per heavy atom. The fourth-order valence-electron chi connectivity index (χ4n) is 3.48. The molecule has 2 heterocycles.